The smallest absolute Gasteiger partial charge is 0.236 e. The van der Waals surface area contributed by atoms with E-state index in [0.29, 0.717) is 13.1 Å². The van der Waals surface area contributed by atoms with E-state index in [9.17, 15) is 9.18 Å². The number of benzene rings is 1. The number of nitrogens with one attached hydrogen (secondary N) is 1. The van der Waals surface area contributed by atoms with Crippen molar-refractivity contribution in [1.82, 2.24) is 20.0 Å². The van der Waals surface area contributed by atoms with Crippen molar-refractivity contribution >= 4 is 35.8 Å². The molecule has 2 aliphatic rings. The minimum Gasteiger partial charge on any atom is -0.355 e. The summed E-state index contributed by atoms with van der Waals surface area (Å²) in [5.74, 6) is 0.921. The second-order valence-electron chi connectivity index (χ2n) is 9.00. The molecule has 0 saturated carbocycles. The molecule has 0 spiro atoms. The molecule has 0 radical (unpaired) electrons. The Hall–Kier alpha value is -1.42. The quantitative estimate of drug-likeness (QED) is 0.352. The van der Waals surface area contributed by atoms with E-state index in [4.69, 9.17) is 0 Å². The summed E-state index contributed by atoms with van der Waals surface area (Å²) in [5, 5.41) is 3.46. The summed E-state index contributed by atoms with van der Waals surface area (Å²) in [6.45, 7) is 10.6. The number of piperidine rings is 1. The zero-order valence-corrected chi connectivity index (χ0v) is 21.4. The van der Waals surface area contributed by atoms with Crippen LogP contribution in [0, 0.1) is 5.82 Å². The van der Waals surface area contributed by atoms with Gasteiger partial charge in [-0.05, 0) is 37.0 Å². The number of aliphatic imine (C=N–C) groups is 1. The highest BCUT2D eigenvalue weighted by Gasteiger charge is 2.26. The molecule has 0 aromatic heterocycles. The number of rotatable bonds is 5. The first-order valence-corrected chi connectivity index (χ1v) is 11.1. The highest BCUT2D eigenvalue weighted by Crippen LogP contribution is 2.23. The molecule has 1 aromatic carbocycles. The van der Waals surface area contributed by atoms with E-state index >= 15 is 0 Å². The largest absolute Gasteiger partial charge is 0.355 e. The molecule has 3 rings (SSSR count). The number of nitrogens with zero attached hydrogens (tertiary/aromatic N) is 4. The number of hydrogen-bond acceptors (Lipinski definition) is 3. The molecular weight excluding hydrogens is 508 g/mol. The van der Waals surface area contributed by atoms with Crippen LogP contribution in [0.25, 0.3) is 0 Å². The van der Waals surface area contributed by atoms with Crippen LogP contribution < -0.4 is 5.32 Å². The lowest BCUT2D eigenvalue weighted by molar-refractivity contribution is -0.133. The number of piperazine rings is 1. The zero-order valence-electron chi connectivity index (χ0n) is 19.1. The Labute approximate surface area is 203 Å². The third-order valence-corrected chi connectivity index (χ3v) is 6.25. The lowest BCUT2D eigenvalue weighted by atomic mass is 9.84. The Morgan fingerprint density at radius 1 is 1.06 bits per heavy atom. The zero-order chi connectivity index (χ0) is 21.6. The molecule has 0 aliphatic carbocycles. The monoisotopic (exact) mass is 545 g/mol. The van der Waals surface area contributed by atoms with Gasteiger partial charge in [0.2, 0.25) is 5.91 Å². The first-order chi connectivity index (χ1) is 14.4. The van der Waals surface area contributed by atoms with Gasteiger partial charge in [0.05, 0.1) is 6.54 Å². The normalized spacial score (nSPS) is 18.5. The molecule has 1 aromatic rings. The molecule has 0 unspecified atom stereocenters. The van der Waals surface area contributed by atoms with E-state index in [1.165, 1.54) is 12.5 Å². The van der Waals surface area contributed by atoms with Gasteiger partial charge in [-0.1, -0.05) is 26.0 Å². The summed E-state index contributed by atoms with van der Waals surface area (Å²) in [7, 11) is 1.80. The van der Waals surface area contributed by atoms with Crippen molar-refractivity contribution in [3.05, 3.63) is 35.6 Å². The van der Waals surface area contributed by atoms with Gasteiger partial charge in [0.15, 0.2) is 5.96 Å². The number of hydrogen-bond donors (Lipinski definition) is 1. The SMILES string of the molecule is CN=C(NCC(C)(C)c1cccc(F)c1)N1CCN(CC(=O)N2CCCCC2)CC1.I. The molecule has 2 fully saturated rings. The summed E-state index contributed by atoms with van der Waals surface area (Å²) < 4.78 is 13.6. The summed E-state index contributed by atoms with van der Waals surface area (Å²) in [6, 6.07) is 6.79. The number of amides is 1. The van der Waals surface area contributed by atoms with Crippen molar-refractivity contribution < 1.29 is 9.18 Å². The maximum atomic E-state index is 13.6. The summed E-state index contributed by atoms with van der Waals surface area (Å²) >= 11 is 0. The molecule has 1 amide bonds. The van der Waals surface area contributed by atoms with Gasteiger partial charge in [0, 0.05) is 58.3 Å². The standard InChI is InChI=1S/C23H36FN5O.HI/c1-23(2,19-8-7-9-20(24)16-19)18-26-22(25-3)29-14-12-27(13-15-29)17-21(30)28-10-5-4-6-11-28;/h7-9,16H,4-6,10-15,17-18H2,1-3H3,(H,25,26);1H. The molecule has 174 valence electrons. The molecule has 2 saturated heterocycles. The van der Waals surface area contributed by atoms with Crippen molar-refractivity contribution in [3.63, 3.8) is 0 Å². The Morgan fingerprint density at radius 3 is 2.35 bits per heavy atom. The third kappa shape index (κ3) is 7.30. The minimum atomic E-state index is -0.222. The van der Waals surface area contributed by atoms with E-state index in [0.717, 1.165) is 63.6 Å². The Balaban J connectivity index is 0.00000341. The maximum Gasteiger partial charge on any atom is 0.236 e. The predicted octanol–water partition coefficient (Wildman–Crippen LogP) is 2.93. The van der Waals surface area contributed by atoms with Crippen molar-refractivity contribution in [2.75, 3.05) is 59.4 Å². The van der Waals surface area contributed by atoms with E-state index in [1.807, 2.05) is 11.0 Å². The van der Waals surface area contributed by atoms with Crippen molar-refractivity contribution in [3.8, 4) is 0 Å². The molecule has 0 atom stereocenters. The molecule has 8 heteroatoms. The van der Waals surface area contributed by atoms with Crippen LogP contribution in [-0.4, -0.2) is 86.0 Å². The first kappa shape index (κ1) is 25.8. The summed E-state index contributed by atoms with van der Waals surface area (Å²) in [4.78, 5) is 23.5. The number of halogens is 2. The second-order valence-corrected chi connectivity index (χ2v) is 9.00. The fourth-order valence-electron chi connectivity index (χ4n) is 4.20. The van der Waals surface area contributed by atoms with Gasteiger partial charge in [0.25, 0.3) is 0 Å². The van der Waals surface area contributed by atoms with Gasteiger partial charge in [-0.15, -0.1) is 24.0 Å². The lowest BCUT2D eigenvalue weighted by Gasteiger charge is -2.38. The molecule has 6 nitrogen and oxygen atoms in total. The molecule has 0 bridgehead atoms. The first-order valence-electron chi connectivity index (χ1n) is 11.1. The van der Waals surface area contributed by atoms with Gasteiger partial charge < -0.3 is 15.1 Å². The number of carbonyl (C=O) groups is 1. The fraction of sp³-hybridized carbons (Fsp3) is 0.652. The molecule has 1 N–H and O–H groups in total. The number of carbonyl (C=O) groups excluding carboxylic acids is 1. The van der Waals surface area contributed by atoms with E-state index in [-0.39, 0.29) is 41.1 Å². The molecule has 2 heterocycles. The second kappa shape index (κ2) is 12.0. The highest BCUT2D eigenvalue weighted by atomic mass is 127. The van der Waals surface area contributed by atoms with Crippen LogP contribution in [0.3, 0.4) is 0 Å². The maximum absolute atomic E-state index is 13.6. The lowest BCUT2D eigenvalue weighted by Crippen LogP contribution is -2.55. The predicted molar refractivity (Wildman–Crippen MR) is 135 cm³/mol. The van der Waals surface area contributed by atoms with Crippen molar-refractivity contribution in [1.29, 1.82) is 0 Å². The molecular formula is C23H37FIN5O. The highest BCUT2D eigenvalue weighted by molar-refractivity contribution is 14.0. The minimum absolute atomic E-state index is 0. The fourth-order valence-corrected chi connectivity index (χ4v) is 4.20. The van der Waals surface area contributed by atoms with Crippen LogP contribution in [0.5, 0.6) is 0 Å². The van der Waals surface area contributed by atoms with E-state index in [2.05, 4.69) is 34.0 Å². The summed E-state index contributed by atoms with van der Waals surface area (Å²) in [5.41, 5.74) is 0.743. The average molecular weight is 545 g/mol. The van der Waals surface area contributed by atoms with Crippen LogP contribution in [0.1, 0.15) is 38.7 Å². The van der Waals surface area contributed by atoms with E-state index < -0.39 is 0 Å². The topological polar surface area (TPSA) is 51.2 Å². The third-order valence-electron chi connectivity index (χ3n) is 6.25. The Bertz CT molecular complexity index is 743. The van der Waals surface area contributed by atoms with Crippen LogP contribution in [-0.2, 0) is 10.2 Å². The average Bonchev–Trinajstić information content (AvgIpc) is 2.76. The van der Waals surface area contributed by atoms with Crippen molar-refractivity contribution in [2.45, 2.75) is 38.5 Å². The van der Waals surface area contributed by atoms with Gasteiger partial charge in [-0.25, -0.2) is 4.39 Å². The van der Waals surface area contributed by atoms with Crippen LogP contribution in [0.15, 0.2) is 29.3 Å². The van der Waals surface area contributed by atoms with Crippen LogP contribution in [0.2, 0.25) is 0 Å². The van der Waals surface area contributed by atoms with Gasteiger partial charge in [-0.3, -0.25) is 14.7 Å². The Morgan fingerprint density at radius 2 is 1.74 bits per heavy atom. The van der Waals surface area contributed by atoms with Crippen molar-refractivity contribution in [2.24, 2.45) is 4.99 Å². The Kier molecular flexibility index (Phi) is 9.99. The summed E-state index contributed by atoms with van der Waals surface area (Å²) in [6.07, 6.45) is 3.51. The van der Waals surface area contributed by atoms with E-state index in [1.54, 1.807) is 19.2 Å². The van der Waals surface area contributed by atoms with Crippen LogP contribution >= 0.6 is 24.0 Å². The molecule has 2 aliphatic heterocycles. The van der Waals surface area contributed by atoms with Gasteiger partial charge in [0.1, 0.15) is 5.82 Å². The number of guanidine groups is 1. The van der Waals surface area contributed by atoms with Gasteiger partial charge in [-0.2, -0.15) is 0 Å². The van der Waals surface area contributed by atoms with Crippen LogP contribution in [0.4, 0.5) is 4.39 Å². The number of likely N-dealkylation sites (tertiary alicyclic amines) is 1. The van der Waals surface area contributed by atoms with Gasteiger partial charge >= 0.3 is 0 Å². The molecule has 31 heavy (non-hydrogen) atoms.